The van der Waals surface area contributed by atoms with E-state index in [1.54, 1.807) is 0 Å². The summed E-state index contributed by atoms with van der Waals surface area (Å²) in [6.07, 6.45) is 4.21. The fraction of sp³-hybridized carbons (Fsp3) is 0.500. The van der Waals surface area contributed by atoms with Crippen LogP contribution in [0.4, 0.5) is 4.39 Å². The highest BCUT2D eigenvalue weighted by atomic mass is 35.5. The minimum Gasteiger partial charge on any atom is -0.514 e. The van der Waals surface area contributed by atoms with Gasteiger partial charge in [-0.15, -0.1) is 0 Å². The first-order valence-corrected chi connectivity index (χ1v) is 10.6. The minimum absolute atomic E-state index is 0.00836. The Morgan fingerprint density at radius 3 is 2.68 bits per heavy atom. The lowest BCUT2D eigenvalue weighted by atomic mass is 9.52. The molecule has 168 valence electrons. The van der Waals surface area contributed by atoms with E-state index in [1.807, 2.05) is 6.92 Å². The lowest BCUT2D eigenvalue weighted by Gasteiger charge is -2.56. The van der Waals surface area contributed by atoms with Gasteiger partial charge in [-0.25, -0.2) is 4.39 Å². The number of hydrogen-bond donors (Lipinski definition) is 3. The van der Waals surface area contributed by atoms with Gasteiger partial charge in [-0.2, -0.15) is 0 Å². The van der Waals surface area contributed by atoms with E-state index >= 15 is 0 Å². The number of aliphatic hydroxyl groups is 1. The van der Waals surface area contributed by atoms with Gasteiger partial charge in [0.15, 0.2) is 6.61 Å². The molecule has 1 atom stereocenters. The van der Waals surface area contributed by atoms with Crippen molar-refractivity contribution >= 4 is 30.1 Å². The quantitative estimate of drug-likeness (QED) is 0.416. The highest BCUT2D eigenvalue weighted by Gasteiger charge is 2.56. The van der Waals surface area contributed by atoms with E-state index in [0.29, 0.717) is 37.8 Å². The average Bonchev–Trinajstić information content (AvgIpc) is 2.75. The number of carbonyl (C=O) groups excluding carboxylic acids is 2. The number of aliphatic hydroxyl groups excluding tert-OH is 1. The Bertz CT molecular complexity index is 897. The molecule has 31 heavy (non-hydrogen) atoms. The Balaban J connectivity index is 1.56. The Morgan fingerprint density at radius 2 is 2.10 bits per heavy atom. The van der Waals surface area contributed by atoms with Gasteiger partial charge < -0.3 is 20.5 Å². The van der Waals surface area contributed by atoms with E-state index < -0.39 is 11.2 Å². The van der Waals surface area contributed by atoms with Gasteiger partial charge in [-0.1, -0.05) is 18.5 Å². The van der Waals surface area contributed by atoms with Gasteiger partial charge in [-0.3, -0.25) is 14.6 Å². The molecule has 4 rings (SSSR count). The van der Waals surface area contributed by atoms with E-state index in [1.165, 1.54) is 12.1 Å². The second-order valence-corrected chi connectivity index (χ2v) is 8.82. The monoisotopic (exact) mass is 451 g/mol. The second kappa shape index (κ2) is 9.26. The van der Waals surface area contributed by atoms with E-state index in [-0.39, 0.29) is 47.2 Å². The van der Waals surface area contributed by atoms with Gasteiger partial charge in [0.2, 0.25) is 5.91 Å². The Hall–Kier alpha value is -2.61. The van der Waals surface area contributed by atoms with Crippen LogP contribution in [0.5, 0.6) is 5.75 Å². The first kappa shape index (κ1) is 23.1. The van der Waals surface area contributed by atoms with Crippen LogP contribution in [0, 0.1) is 17.2 Å². The van der Waals surface area contributed by atoms with Crippen LogP contribution in [0.25, 0.3) is 0 Å². The van der Waals surface area contributed by atoms with Crippen LogP contribution in [-0.2, 0) is 9.59 Å². The predicted octanol–water partition coefficient (Wildman–Crippen LogP) is 3.53. The Morgan fingerprint density at radius 1 is 1.39 bits per heavy atom. The van der Waals surface area contributed by atoms with Crippen LogP contribution in [0.3, 0.4) is 0 Å². The summed E-state index contributed by atoms with van der Waals surface area (Å²) in [6.45, 7) is 5.28. The van der Waals surface area contributed by atoms with Crippen molar-refractivity contribution < 1.29 is 23.8 Å². The van der Waals surface area contributed by atoms with Crippen molar-refractivity contribution in [1.82, 2.24) is 10.6 Å². The van der Waals surface area contributed by atoms with Gasteiger partial charge in [0.1, 0.15) is 17.8 Å². The molecular weight excluding hydrogens is 425 g/mol. The average molecular weight is 452 g/mol. The van der Waals surface area contributed by atoms with Gasteiger partial charge in [0.05, 0.1) is 22.7 Å². The van der Waals surface area contributed by atoms with Crippen LogP contribution in [0.15, 0.2) is 35.2 Å². The molecule has 1 aromatic rings. The van der Waals surface area contributed by atoms with Crippen LogP contribution < -0.4 is 15.4 Å². The zero-order chi connectivity index (χ0) is 22.6. The molecule has 0 saturated heterocycles. The summed E-state index contributed by atoms with van der Waals surface area (Å²) in [5, 5.41) is 15.0. The molecule has 2 bridgehead atoms. The number of hydrogen-bond acceptors (Lipinski definition) is 5. The molecule has 0 radical (unpaired) electrons. The maximum atomic E-state index is 13.5. The van der Waals surface area contributed by atoms with E-state index in [4.69, 9.17) is 21.4 Å². The fourth-order valence-corrected chi connectivity index (χ4v) is 4.93. The van der Waals surface area contributed by atoms with E-state index in [2.05, 4.69) is 22.3 Å². The first-order chi connectivity index (χ1) is 14.7. The van der Waals surface area contributed by atoms with E-state index in [9.17, 15) is 14.0 Å². The van der Waals surface area contributed by atoms with Crippen molar-refractivity contribution in [2.24, 2.45) is 16.3 Å². The Kier molecular flexibility index (Phi) is 6.89. The SMILES string of the molecule is C=NC(=CO)CNC(=O)C12CCC(NC(=O)COc3ccc(Cl)c(F)c3)(CC1)CC2C. The second-order valence-electron chi connectivity index (χ2n) is 8.42. The zero-order valence-corrected chi connectivity index (χ0v) is 18.2. The number of aliphatic imine (C=N–C) groups is 1. The van der Waals surface area contributed by atoms with Crippen molar-refractivity contribution in [2.75, 3.05) is 13.2 Å². The summed E-state index contributed by atoms with van der Waals surface area (Å²) >= 11 is 5.65. The van der Waals surface area contributed by atoms with Crippen LogP contribution in [-0.4, -0.2) is 42.3 Å². The van der Waals surface area contributed by atoms with Crippen LogP contribution in [0.1, 0.15) is 39.0 Å². The number of carbonyl (C=O) groups is 2. The number of halogens is 2. The molecule has 1 unspecified atom stereocenters. The summed E-state index contributed by atoms with van der Waals surface area (Å²) in [7, 11) is 0. The number of nitrogens with one attached hydrogen (secondary N) is 2. The molecule has 0 aliphatic heterocycles. The number of fused-ring (bicyclic) bond motifs is 3. The number of amides is 2. The van der Waals surface area contributed by atoms with Crippen LogP contribution >= 0.6 is 11.6 Å². The molecule has 3 N–H and O–H groups in total. The lowest BCUT2D eigenvalue weighted by Crippen LogP contribution is -2.63. The summed E-state index contributed by atoms with van der Waals surface area (Å²) < 4.78 is 18.9. The summed E-state index contributed by atoms with van der Waals surface area (Å²) in [4.78, 5) is 29.1. The van der Waals surface area contributed by atoms with Gasteiger partial charge >= 0.3 is 0 Å². The largest absolute Gasteiger partial charge is 0.514 e. The van der Waals surface area contributed by atoms with Crippen molar-refractivity contribution in [3.05, 3.63) is 41.0 Å². The summed E-state index contributed by atoms with van der Waals surface area (Å²) in [5.41, 5.74) is -0.566. The zero-order valence-electron chi connectivity index (χ0n) is 17.4. The van der Waals surface area contributed by atoms with Crippen molar-refractivity contribution in [3.63, 3.8) is 0 Å². The molecule has 0 heterocycles. The van der Waals surface area contributed by atoms with Gasteiger partial charge in [0.25, 0.3) is 5.91 Å². The van der Waals surface area contributed by atoms with Gasteiger partial charge in [-0.05, 0) is 56.9 Å². The number of rotatable bonds is 8. The molecular formula is C22H27ClFN3O4. The highest BCUT2D eigenvalue weighted by Crippen LogP contribution is 2.55. The molecule has 9 heteroatoms. The molecule has 3 aliphatic carbocycles. The normalized spacial score (nSPS) is 27.5. The molecule has 3 saturated carbocycles. The molecule has 7 nitrogen and oxygen atoms in total. The topological polar surface area (TPSA) is 100 Å². The third-order valence-corrected chi connectivity index (χ3v) is 6.95. The lowest BCUT2D eigenvalue weighted by molar-refractivity contribution is -0.145. The number of ether oxygens (including phenoxy) is 1. The third-order valence-electron chi connectivity index (χ3n) is 6.64. The van der Waals surface area contributed by atoms with Crippen molar-refractivity contribution in [2.45, 2.75) is 44.6 Å². The molecule has 0 aromatic heterocycles. The van der Waals surface area contributed by atoms with Crippen molar-refractivity contribution in [3.8, 4) is 5.75 Å². The molecule has 0 spiro atoms. The molecule has 1 aromatic carbocycles. The summed E-state index contributed by atoms with van der Waals surface area (Å²) in [6, 6.07) is 4.03. The smallest absolute Gasteiger partial charge is 0.258 e. The van der Waals surface area contributed by atoms with E-state index in [0.717, 1.165) is 12.3 Å². The maximum Gasteiger partial charge on any atom is 0.258 e. The Labute approximate surface area is 185 Å². The molecule has 2 amide bonds. The highest BCUT2D eigenvalue weighted by molar-refractivity contribution is 6.30. The molecule has 3 aliphatic rings. The van der Waals surface area contributed by atoms with Crippen LogP contribution in [0.2, 0.25) is 5.02 Å². The molecule has 3 fully saturated rings. The minimum atomic E-state index is -0.605. The number of benzene rings is 1. The van der Waals surface area contributed by atoms with Crippen molar-refractivity contribution in [1.29, 1.82) is 0 Å². The standard InChI is InChI=1S/C22H27ClFN3O4/c1-14-10-21(27-19(29)13-31-16-3-4-17(23)18(24)9-16)5-7-22(14,8-6-21)20(30)26-11-15(12-28)25-2/h3-4,9,12,14,28H,2,5-8,10-11,13H2,1H3,(H,26,30)(H,27,29). The third kappa shape index (κ3) is 4.84. The first-order valence-electron chi connectivity index (χ1n) is 10.2. The predicted molar refractivity (Wildman–Crippen MR) is 116 cm³/mol. The maximum absolute atomic E-state index is 13.5. The fourth-order valence-electron chi connectivity index (χ4n) is 4.82. The number of nitrogens with zero attached hydrogens (tertiary/aromatic N) is 1. The van der Waals surface area contributed by atoms with Gasteiger partial charge in [0, 0.05) is 11.6 Å². The summed E-state index contributed by atoms with van der Waals surface area (Å²) in [5.74, 6) is -0.644.